The molecular weight excluding hydrogens is 230 g/mol. The smallest absolute Gasteiger partial charge is 0.176 e. The molecule has 0 aliphatic rings. The van der Waals surface area contributed by atoms with Crippen LogP contribution in [0.3, 0.4) is 0 Å². The van der Waals surface area contributed by atoms with Gasteiger partial charge in [0.15, 0.2) is 12.4 Å². The van der Waals surface area contributed by atoms with E-state index < -0.39 is 0 Å². The molecule has 2 rings (SSSR count). The summed E-state index contributed by atoms with van der Waals surface area (Å²) in [6.45, 7) is 0. The van der Waals surface area contributed by atoms with Gasteiger partial charge in [-0.2, -0.15) is 0 Å². The molecule has 0 unspecified atom stereocenters. The van der Waals surface area contributed by atoms with Gasteiger partial charge in [-0.1, -0.05) is 0 Å². The molecule has 1 aromatic carbocycles. The highest BCUT2D eigenvalue weighted by atomic mass is 79.9. The lowest BCUT2D eigenvalue weighted by molar-refractivity contribution is -0.670. The minimum absolute atomic E-state index is 0. The molecule has 0 radical (unpaired) electrons. The van der Waals surface area contributed by atoms with Gasteiger partial charge >= 0.3 is 0 Å². The van der Waals surface area contributed by atoms with E-state index in [9.17, 15) is 5.11 Å². The Morgan fingerprint density at radius 3 is 2.69 bits per heavy atom. The summed E-state index contributed by atoms with van der Waals surface area (Å²) in [4.78, 5) is 0. The molecule has 68 valence electrons. The van der Waals surface area contributed by atoms with Gasteiger partial charge < -0.3 is 22.1 Å². The lowest BCUT2D eigenvalue weighted by atomic mass is 10.2. The molecule has 3 heteroatoms. The number of halogens is 1. The minimum atomic E-state index is 0. The van der Waals surface area contributed by atoms with Crippen LogP contribution in [0.25, 0.3) is 10.8 Å². The predicted octanol–water partition coefficient (Wildman–Crippen LogP) is -1.63. The summed E-state index contributed by atoms with van der Waals surface area (Å²) < 4.78 is 1.99. The molecule has 0 bridgehead atoms. The van der Waals surface area contributed by atoms with Gasteiger partial charge in [0, 0.05) is 11.5 Å². The average molecular weight is 240 g/mol. The maximum atomic E-state index is 9.19. The second-order valence-electron chi connectivity index (χ2n) is 2.92. The van der Waals surface area contributed by atoms with Crippen molar-refractivity contribution in [3.05, 3.63) is 36.7 Å². The summed E-state index contributed by atoms with van der Waals surface area (Å²) >= 11 is 0. The van der Waals surface area contributed by atoms with Crippen molar-refractivity contribution in [2.75, 3.05) is 0 Å². The summed E-state index contributed by atoms with van der Waals surface area (Å²) in [5.41, 5.74) is 0. The quantitative estimate of drug-likeness (QED) is 0.549. The van der Waals surface area contributed by atoms with Crippen molar-refractivity contribution in [1.82, 2.24) is 0 Å². The molecule has 0 fully saturated rings. The maximum absolute atomic E-state index is 9.19. The molecule has 2 aromatic rings. The highest BCUT2D eigenvalue weighted by molar-refractivity contribution is 5.81. The monoisotopic (exact) mass is 239 g/mol. The first-order valence-corrected chi connectivity index (χ1v) is 3.84. The van der Waals surface area contributed by atoms with E-state index in [0.29, 0.717) is 5.75 Å². The van der Waals surface area contributed by atoms with Crippen LogP contribution in [0.15, 0.2) is 36.7 Å². The van der Waals surface area contributed by atoms with Crippen LogP contribution in [0, 0.1) is 0 Å². The number of hydrogen-bond donors (Lipinski definition) is 1. The maximum Gasteiger partial charge on any atom is 0.176 e. The number of benzene rings is 1. The fraction of sp³-hybridized carbons (Fsp3) is 0.100. The summed E-state index contributed by atoms with van der Waals surface area (Å²) in [5.74, 6) is 0.316. The first-order valence-electron chi connectivity index (χ1n) is 3.84. The fourth-order valence-corrected chi connectivity index (χ4v) is 1.28. The van der Waals surface area contributed by atoms with E-state index in [0.717, 1.165) is 10.8 Å². The number of fused-ring (bicyclic) bond motifs is 1. The number of phenolic OH excluding ortho intramolecular Hbond substituents is 1. The van der Waals surface area contributed by atoms with Crippen LogP contribution in [-0.2, 0) is 7.05 Å². The first kappa shape index (κ1) is 9.99. The zero-order valence-corrected chi connectivity index (χ0v) is 8.82. The second-order valence-corrected chi connectivity index (χ2v) is 2.92. The van der Waals surface area contributed by atoms with Gasteiger partial charge in [0.25, 0.3) is 0 Å². The van der Waals surface area contributed by atoms with Crippen LogP contribution in [-0.4, -0.2) is 5.11 Å². The molecule has 1 aromatic heterocycles. The van der Waals surface area contributed by atoms with Crippen LogP contribution in [0.4, 0.5) is 0 Å². The molecule has 0 aliphatic heterocycles. The molecule has 0 aliphatic carbocycles. The van der Waals surface area contributed by atoms with E-state index in [1.165, 1.54) is 0 Å². The zero-order valence-electron chi connectivity index (χ0n) is 7.24. The Morgan fingerprint density at radius 2 is 1.92 bits per heavy atom. The standard InChI is InChI=1S/C10H9NO.BrH/c1-11-5-4-8-6-10(12)3-2-9(8)7-11;/h2-7H,1H3;1H. The average Bonchev–Trinajstić information content (AvgIpc) is 2.05. The number of nitrogens with zero attached hydrogens (tertiary/aromatic N) is 1. The third kappa shape index (κ3) is 1.98. The molecular formula is C10H10BrNO. The van der Waals surface area contributed by atoms with Crippen molar-refractivity contribution in [3.8, 4) is 5.75 Å². The van der Waals surface area contributed by atoms with E-state index in [4.69, 9.17) is 0 Å². The Hall–Kier alpha value is -1.09. The number of aryl methyl sites for hydroxylation is 1. The molecule has 0 saturated heterocycles. The molecule has 0 atom stereocenters. The molecule has 2 nitrogen and oxygen atoms in total. The summed E-state index contributed by atoms with van der Waals surface area (Å²) in [5, 5.41) is 11.4. The van der Waals surface area contributed by atoms with Gasteiger partial charge in [-0.25, -0.2) is 4.57 Å². The summed E-state index contributed by atoms with van der Waals surface area (Å²) in [6.07, 6.45) is 3.98. The number of aromatic nitrogens is 1. The largest absolute Gasteiger partial charge is 1.00 e. The highest BCUT2D eigenvalue weighted by Crippen LogP contribution is 2.17. The summed E-state index contributed by atoms with van der Waals surface area (Å²) in [6, 6.07) is 7.34. The van der Waals surface area contributed by atoms with Gasteiger partial charge in [0.2, 0.25) is 0 Å². The topological polar surface area (TPSA) is 24.1 Å². The van der Waals surface area contributed by atoms with Crippen LogP contribution in [0.2, 0.25) is 0 Å². The minimum Gasteiger partial charge on any atom is -1.00 e. The van der Waals surface area contributed by atoms with E-state index >= 15 is 0 Å². The molecule has 1 heterocycles. The van der Waals surface area contributed by atoms with Gasteiger partial charge in [-0.15, -0.1) is 0 Å². The van der Waals surface area contributed by atoms with Crippen molar-refractivity contribution in [3.63, 3.8) is 0 Å². The molecule has 0 saturated carbocycles. The van der Waals surface area contributed by atoms with Crippen LogP contribution in [0.5, 0.6) is 5.75 Å². The van der Waals surface area contributed by atoms with Crippen molar-refractivity contribution in [2.45, 2.75) is 0 Å². The number of rotatable bonds is 0. The van der Waals surface area contributed by atoms with Gasteiger partial charge in [-0.3, -0.25) is 0 Å². The number of hydrogen-bond acceptors (Lipinski definition) is 1. The van der Waals surface area contributed by atoms with Gasteiger partial charge in [0.05, 0.1) is 0 Å². The van der Waals surface area contributed by atoms with Gasteiger partial charge in [-0.05, 0) is 23.6 Å². The first-order chi connectivity index (χ1) is 5.75. The van der Waals surface area contributed by atoms with E-state index in [1.54, 1.807) is 12.1 Å². The van der Waals surface area contributed by atoms with Crippen LogP contribution >= 0.6 is 0 Å². The van der Waals surface area contributed by atoms with Gasteiger partial charge in [0.1, 0.15) is 12.8 Å². The fourth-order valence-electron chi connectivity index (χ4n) is 1.28. The van der Waals surface area contributed by atoms with Crippen molar-refractivity contribution in [2.24, 2.45) is 7.05 Å². The molecule has 13 heavy (non-hydrogen) atoms. The second kappa shape index (κ2) is 3.75. The Balaban J connectivity index is 0.000000845. The molecule has 1 N–H and O–H groups in total. The predicted molar refractivity (Wildman–Crippen MR) is 46.8 cm³/mol. The lowest BCUT2D eigenvalue weighted by Gasteiger charge is -1.95. The van der Waals surface area contributed by atoms with E-state index in [2.05, 4.69) is 0 Å². The Bertz CT molecular complexity index is 387. The highest BCUT2D eigenvalue weighted by Gasteiger charge is 1.98. The zero-order chi connectivity index (χ0) is 8.55. The normalized spacial score (nSPS) is 9.62. The van der Waals surface area contributed by atoms with Crippen molar-refractivity contribution < 1.29 is 26.7 Å². The van der Waals surface area contributed by atoms with Crippen molar-refractivity contribution in [1.29, 1.82) is 0 Å². The summed E-state index contributed by atoms with van der Waals surface area (Å²) in [7, 11) is 1.98. The third-order valence-electron chi connectivity index (χ3n) is 1.90. The third-order valence-corrected chi connectivity index (χ3v) is 1.90. The van der Waals surface area contributed by atoms with Crippen molar-refractivity contribution >= 4 is 10.8 Å². The van der Waals surface area contributed by atoms with E-state index in [-0.39, 0.29) is 17.0 Å². The molecule has 0 amide bonds. The van der Waals surface area contributed by atoms with Crippen LogP contribution < -0.4 is 21.5 Å². The Morgan fingerprint density at radius 1 is 1.15 bits per heavy atom. The molecule has 0 spiro atoms. The van der Waals surface area contributed by atoms with E-state index in [1.807, 2.05) is 36.1 Å². The lowest BCUT2D eigenvalue weighted by Crippen LogP contribution is -3.00. The number of phenols is 1. The SMILES string of the molecule is C[n+]1ccc2cc(O)ccc2c1.[Br-]. The number of aromatic hydroxyl groups is 1. The Kier molecular flexibility index (Phi) is 2.88. The van der Waals surface area contributed by atoms with Crippen LogP contribution in [0.1, 0.15) is 0 Å². The number of pyridine rings is 1. The Labute approximate surface area is 87.2 Å².